The summed E-state index contributed by atoms with van der Waals surface area (Å²) in [5, 5.41) is 3.71. The van der Waals surface area contributed by atoms with Crippen LogP contribution in [0.3, 0.4) is 0 Å². The van der Waals surface area contributed by atoms with Crippen molar-refractivity contribution in [1.82, 2.24) is 10.2 Å². The topological polar surface area (TPSA) is 15.3 Å². The normalized spacial score (nSPS) is 41.2. The molecule has 0 spiro atoms. The number of rotatable bonds is 2. The first kappa shape index (κ1) is 11.4. The van der Waals surface area contributed by atoms with Crippen LogP contribution in [-0.2, 0) is 0 Å². The van der Waals surface area contributed by atoms with Crippen LogP contribution in [-0.4, -0.2) is 36.1 Å². The Labute approximate surface area is 94.4 Å². The van der Waals surface area contributed by atoms with Gasteiger partial charge in [0.15, 0.2) is 0 Å². The lowest BCUT2D eigenvalue weighted by Gasteiger charge is -2.33. The van der Waals surface area contributed by atoms with Gasteiger partial charge >= 0.3 is 0 Å². The van der Waals surface area contributed by atoms with Crippen LogP contribution in [0.1, 0.15) is 47.0 Å². The molecule has 2 fully saturated rings. The zero-order valence-electron chi connectivity index (χ0n) is 10.8. The molecule has 88 valence electrons. The van der Waals surface area contributed by atoms with E-state index in [0.29, 0.717) is 11.0 Å². The molecule has 2 aliphatic rings. The summed E-state index contributed by atoms with van der Waals surface area (Å²) in [6.07, 6.45) is 3.94. The van der Waals surface area contributed by atoms with E-state index in [-0.39, 0.29) is 0 Å². The maximum atomic E-state index is 3.71. The zero-order chi connectivity index (χ0) is 11.1. The minimum absolute atomic E-state index is 0.342. The Hall–Kier alpha value is -0.0800. The largest absolute Gasteiger partial charge is 0.310 e. The van der Waals surface area contributed by atoms with Crippen molar-refractivity contribution in [3.63, 3.8) is 0 Å². The molecule has 1 aliphatic heterocycles. The van der Waals surface area contributed by atoms with Crippen molar-refractivity contribution in [2.75, 3.05) is 19.6 Å². The summed E-state index contributed by atoms with van der Waals surface area (Å²) in [6.45, 7) is 13.2. The molecule has 1 saturated heterocycles. The summed E-state index contributed by atoms with van der Waals surface area (Å²) < 4.78 is 0. The fourth-order valence-corrected chi connectivity index (χ4v) is 2.82. The minimum Gasteiger partial charge on any atom is -0.310 e. The molecule has 2 atom stereocenters. The molecular formula is C13H26N2. The van der Waals surface area contributed by atoms with E-state index in [1.165, 1.54) is 38.9 Å². The molecule has 1 aliphatic carbocycles. The molecule has 2 nitrogen and oxygen atoms in total. The highest BCUT2D eigenvalue weighted by atomic mass is 15.2. The molecule has 0 aromatic heterocycles. The van der Waals surface area contributed by atoms with Crippen LogP contribution in [0.4, 0.5) is 0 Å². The average molecular weight is 210 g/mol. The summed E-state index contributed by atoms with van der Waals surface area (Å²) in [5.41, 5.74) is 0.925. The molecular weight excluding hydrogens is 184 g/mol. The van der Waals surface area contributed by atoms with Crippen molar-refractivity contribution < 1.29 is 0 Å². The van der Waals surface area contributed by atoms with Crippen LogP contribution < -0.4 is 5.32 Å². The van der Waals surface area contributed by atoms with Crippen LogP contribution >= 0.6 is 0 Å². The van der Waals surface area contributed by atoms with Gasteiger partial charge in [-0.05, 0) is 44.7 Å². The molecule has 1 saturated carbocycles. The maximum absolute atomic E-state index is 3.71. The lowest BCUT2D eigenvalue weighted by atomic mass is 9.98. The minimum atomic E-state index is 0.342. The number of nitrogens with one attached hydrogen (secondary N) is 1. The van der Waals surface area contributed by atoms with Gasteiger partial charge in [0.1, 0.15) is 0 Å². The van der Waals surface area contributed by atoms with Crippen LogP contribution in [0.15, 0.2) is 0 Å². The van der Waals surface area contributed by atoms with Crippen molar-refractivity contribution in [3.8, 4) is 0 Å². The van der Waals surface area contributed by atoms with E-state index in [4.69, 9.17) is 0 Å². The van der Waals surface area contributed by atoms with Gasteiger partial charge in [0.25, 0.3) is 0 Å². The van der Waals surface area contributed by atoms with Crippen LogP contribution in [0.25, 0.3) is 0 Å². The van der Waals surface area contributed by atoms with Gasteiger partial charge in [-0.25, -0.2) is 0 Å². The summed E-state index contributed by atoms with van der Waals surface area (Å²) >= 11 is 0. The lowest BCUT2D eigenvalue weighted by molar-refractivity contribution is 0.189. The van der Waals surface area contributed by atoms with E-state index in [0.717, 1.165) is 6.04 Å². The van der Waals surface area contributed by atoms with E-state index in [1.807, 2.05) is 0 Å². The van der Waals surface area contributed by atoms with Gasteiger partial charge in [0.05, 0.1) is 0 Å². The Morgan fingerprint density at radius 1 is 1.33 bits per heavy atom. The predicted molar refractivity (Wildman–Crippen MR) is 65.1 cm³/mol. The predicted octanol–water partition coefficient (Wildman–Crippen LogP) is 2.25. The molecule has 2 heteroatoms. The summed E-state index contributed by atoms with van der Waals surface area (Å²) in [6, 6.07) is 0.850. The number of nitrogens with zero attached hydrogens (tertiary/aromatic N) is 1. The Balaban J connectivity index is 2.00. The monoisotopic (exact) mass is 210 g/mol. The molecule has 0 amide bonds. The standard InChI is InChI=1S/C13H26N2/c1-5-13(4)10-15(8-6-7-14-13)11-9-12(11,2)3/h11,14H,5-10H2,1-4H3. The molecule has 2 unspecified atom stereocenters. The van der Waals surface area contributed by atoms with Crippen LogP contribution in [0.2, 0.25) is 0 Å². The highest BCUT2D eigenvalue weighted by Gasteiger charge is 2.50. The van der Waals surface area contributed by atoms with E-state index in [2.05, 4.69) is 37.9 Å². The van der Waals surface area contributed by atoms with Crippen molar-refractivity contribution in [3.05, 3.63) is 0 Å². The molecule has 15 heavy (non-hydrogen) atoms. The lowest BCUT2D eigenvalue weighted by Crippen LogP contribution is -2.49. The first-order chi connectivity index (χ1) is 6.97. The van der Waals surface area contributed by atoms with E-state index in [9.17, 15) is 0 Å². The molecule has 1 N–H and O–H groups in total. The van der Waals surface area contributed by atoms with Crippen molar-refractivity contribution in [2.45, 2.75) is 58.5 Å². The van der Waals surface area contributed by atoms with Crippen molar-refractivity contribution >= 4 is 0 Å². The second-order valence-corrected chi connectivity index (χ2v) is 6.37. The fourth-order valence-electron chi connectivity index (χ4n) is 2.82. The highest BCUT2D eigenvalue weighted by Crippen LogP contribution is 2.49. The fraction of sp³-hybridized carbons (Fsp3) is 1.00. The molecule has 2 rings (SSSR count). The Kier molecular flexibility index (Phi) is 2.85. The van der Waals surface area contributed by atoms with E-state index >= 15 is 0 Å². The molecule has 0 radical (unpaired) electrons. The smallest absolute Gasteiger partial charge is 0.0277 e. The summed E-state index contributed by atoms with van der Waals surface area (Å²) in [4.78, 5) is 2.73. The zero-order valence-corrected chi connectivity index (χ0v) is 10.8. The summed E-state index contributed by atoms with van der Waals surface area (Å²) in [5.74, 6) is 0. The highest BCUT2D eigenvalue weighted by molar-refractivity contribution is 5.05. The maximum Gasteiger partial charge on any atom is 0.0277 e. The van der Waals surface area contributed by atoms with Gasteiger partial charge in [-0.2, -0.15) is 0 Å². The van der Waals surface area contributed by atoms with E-state index in [1.54, 1.807) is 0 Å². The van der Waals surface area contributed by atoms with Crippen LogP contribution in [0, 0.1) is 5.41 Å². The van der Waals surface area contributed by atoms with Crippen molar-refractivity contribution in [2.24, 2.45) is 5.41 Å². The second-order valence-electron chi connectivity index (χ2n) is 6.37. The SMILES string of the molecule is CCC1(C)CN(C2CC2(C)C)CCCN1. The Morgan fingerprint density at radius 2 is 2.00 bits per heavy atom. The summed E-state index contributed by atoms with van der Waals surface area (Å²) in [7, 11) is 0. The van der Waals surface area contributed by atoms with E-state index < -0.39 is 0 Å². The van der Waals surface area contributed by atoms with Gasteiger partial charge in [-0.1, -0.05) is 20.8 Å². The first-order valence-corrected chi connectivity index (χ1v) is 6.46. The third-order valence-corrected chi connectivity index (χ3v) is 4.41. The quantitative estimate of drug-likeness (QED) is 0.752. The van der Waals surface area contributed by atoms with Gasteiger partial charge < -0.3 is 5.32 Å². The third-order valence-electron chi connectivity index (χ3n) is 4.41. The van der Waals surface area contributed by atoms with Crippen molar-refractivity contribution in [1.29, 1.82) is 0 Å². The van der Waals surface area contributed by atoms with Crippen LogP contribution in [0.5, 0.6) is 0 Å². The third kappa shape index (κ3) is 2.36. The van der Waals surface area contributed by atoms with Gasteiger partial charge in [-0.3, -0.25) is 4.90 Å². The molecule has 0 bridgehead atoms. The first-order valence-electron chi connectivity index (χ1n) is 6.46. The Bertz CT molecular complexity index is 237. The number of hydrogen-bond acceptors (Lipinski definition) is 2. The van der Waals surface area contributed by atoms with Gasteiger partial charge in [0, 0.05) is 18.1 Å². The number of hydrogen-bond donors (Lipinski definition) is 1. The molecule has 0 aromatic rings. The van der Waals surface area contributed by atoms with Gasteiger partial charge in [0.2, 0.25) is 0 Å². The molecule has 1 heterocycles. The Morgan fingerprint density at radius 3 is 2.53 bits per heavy atom. The second kappa shape index (κ2) is 3.74. The average Bonchev–Trinajstić information content (AvgIpc) is 2.84. The molecule has 0 aromatic carbocycles. The van der Waals surface area contributed by atoms with Gasteiger partial charge in [-0.15, -0.1) is 0 Å².